The zero-order chi connectivity index (χ0) is 26.0. The first kappa shape index (κ1) is 24.4. The van der Waals surface area contributed by atoms with Crippen LogP contribution in [0, 0.1) is 0 Å². The Labute approximate surface area is 236 Å². The third-order valence-corrected chi connectivity index (χ3v) is 8.03. The van der Waals surface area contributed by atoms with Gasteiger partial charge in [-0.1, -0.05) is 115 Å². The molecule has 0 saturated heterocycles. The van der Waals surface area contributed by atoms with E-state index < -0.39 is 5.54 Å². The van der Waals surface area contributed by atoms with Crippen molar-refractivity contribution in [3.8, 4) is 22.3 Å². The van der Waals surface area contributed by atoms with Gasteiger partial charge in [0.05, 0.1) is 0 Å². The minimum atomic E-state index is -0.719. The van der Waals surface area contributed by atoms with E-state index in [2.05, 4.69) is 124 Å². The Morgan fingerprint density at radius 2 is 1.13 bits per heavy atom. The van der Waals surface area contributed by atoms with E-state index in [4.69, 9.17) is 16.7 Å². The lowest BCUT2D eigenvalue weighted by molar-refractivity contribution is 0.460. The fourth-order valence-corrected chi connectivity index (χ4v) is 6.13. The summed E-state index contributed by atoms with van der Waals surface area (Å²) in [5.41, 5.74) is 6.94. The van der Waals surface area contributed by atoms with Crippen molar-refractivity contribution in [3.05, 3.63) is 172 Å². The van der Waals surface area contributed by atoms with E-state index >= 15 is 0 Å². The summed E-state index contributed by atoms with van der Waals surface area (Å²) < 4.78 is 3.09. The number of rotatable bonds is 6. The van der Waals surface area contributed by atoms with Crippen molar-refractivity contribution in [3.63, 3.8) is 0 Å². The lowest BCUT2D eigenvalue weighted by Crippen LogP contribution is -2.38. The monoisotopic (exact) mass is 574 g/mol. The molecule has 0 spiro atoms. The van der Waals surface area contributed by atoms with Gasteiger partial charge in [-0.05, 0) is 85.2 Å². The molecule has 0 bridgehead atoms. The summed E-state index contributed by atoms with van der Waals surface area (Å²) in [6.07, 6.45) is 3.89. The largest absolute Gasteiger partial charge is 0.253 e. The van der Waals surface area contributed by atoms with E-state index in [9.17, 15) is 0 Å². The Morgan fingerprint density at radius 3 is 1.68 bits per heavy atom. The Balaban J connectivity index is 1.77. The second-order valence-corrected chi connectivity index (χ2v) is 10.4. The Morgan fingerprint density at radius 1 is 0.579 bits per heavy atom. The number of halogens is 2. The van der Waals surface area contributed by atoms with Crippen LogP contribution in [0.2, 0.25) is 5.02 Å². The molecular weight excluding hydrogens is 552 g/mol. The van der Waals surface area contributed by atoms with Crippen LogP contribution in [0.1, 0.15) is 16.7 Å². The van der Waals surface area contributed by atoms with Crippen LogP contribution in [0.3, 0.4) is 0 Å². The normalized spacial score (nSPS) is 11.4. The first-order valence-electron chi connectivity index (χ1n) is 12.4. The van der Waals surface area contributed by atoms with Gasteiger partial charge in [0, 0.05) is 21.9 Å². The lowest BCUT2D eigenvalue weighted by Gasteiger charge is -2.37. The van der Waals surface area contributed by atoms with Crippen molar-refractivity contribution in [1.82, 2.24) is 9.78 Å². The Bertz CT molecular complexity index is 1630. The predicted octanol–water partition coefficient (Wildman–Crippen LogP) is 9.47. The zero-order valence-corrected chi connectivity index (χ0v) is 22.8. The lowest BCUT2D eigenvalue weighted by atomic mass is 9.75. The molecule has 0 fully saturated rings. The molecule has 2 nitrogen and oxygen atoms in total. The molecule has 5 aromatic carbocycles. The highest BCUT2D eigenvalue weighted by atomic mass is 79.9. The maximum absolute atomic E-state index is 6.48. The first-order valence-corrected chi connectivity index (χ1v) is 13.6. The van der Waals surface area contributed by atoms with E-state index in [-0.39, 0.29) is 0 Å². The van der Waals surface area contributed by atoms with E-state index in [0.717, 1.165) is 43.4 Å². The minimum absolute atomic E-state index is 0.700. The summed E-state index contributed by atoms with van der Waals surface area (Å²) in [6, 6.07) is 46.2. The zero-order valence-electron chi connectivity index (χ0n) is 20.5. The Kier molecular flexibility index (Phi) is 6.71. The third kappa shape index (κ3) is 4.28. The van der Waals surface area contributed by atoms with Crippen molar-refractivity contribution >= 4 is 27.5 Å². The van der Waals surface area contributed by atoms with Crippen LogP contribution in [-0.4, -0.2) is 9.78 Å². The summed E-state index contributed by atoms with van der Waals surface area (Å²) in [7, 11) is 0. The van der Waals surface area contributed by atoms with Gasteiger partial charge in [0.2, 0.25) is 0 Å². The summed E-state index contributed by atoms with van der Waals surface area (Å²) >= 11 is 10.5. The molecule has 0 aliphatic carbocycles. The molecule has 184 valence electrons. The highest BCUT2D eigenvalue weighted by Gasteiger charge is 2.40. The van der Waals surface area contributed by atoms with Gasteiger partial charge in [0.1, 0.15) is 5.54 Å². The van der Waals surface area contributed by atoms with E-state index in [1.807, 2.05) is 42.7 Å². The van der Waals surface area contributed by atoms with Crippen LogP contribution >= 0.6 is 27.5 Å². The topological polar surface area (TPSA) is 17.8 Å². The van der Waals surface area contributed by atoms with Crippen molar-refractivity contribution in [2.24, 2.45) is 0 Å². The molecule has 1 heterocycles. The van der Waals surface area contributed by atoms with E-state index in [0.29, 0.717) is 5.02 Å². The van der Waals surface area contributed by atoms with Gasteiger partial charge >= 0.3 is 0 Å². The molecule has 38 heavy (non-hydrogen) atoms. The third-order valence-electron chi connectivity index (χ3n) is 6.94. The van der Waals surface area contributed by atoms with Crippen LogP contribution in [-0.2, 0) is 5.54 Å². The smallest absolute Gasteiger partial charge is 0.138 e. The van der Waals surface area contributed by atoms with Crippen LogP contribution < -0.4 is 0 Å². The van der Waals surface area contributed by atoms with Crippen molar-refractivity contribution in [2.75, 3.05) is 0 Å². The highest BCUT2D eigenvalue weighted by Crippen LogP contribution is 2.46. The van der Waals surface area contributed by atoms with Crippen molar-refractivity contribution in [1.29, 1.82) is 0 Å². The average Bonchev–Trinajstić information content (AvgIpc) is 3.51. The summed E-state index contributed by atoms with van der Waals surface area (Å²) in [4.78, 5) is 0. The molecule has 0 N–H and O–H groups in total. The molecule has 0 aliphatic heterocycles. The van der Waals surface area contributed by atoms with Gasteiger partial charge in [0.15, 0.2) is 0 Å². The van der Waals surface area contributed by atoms with Crippen molar-refractivity contribution < 1.29 is 0 Å². The minimum Gasteiger partial charge on any atom is -0.253 e. The summed E-state index contributed by atoms with van der Waals surface area (Å²) in [5, 5.41) is 5.54. The molecule has 1 aromatic heterocycles. The maximum atomic E-state index is 6.48. The van der Waals surface area contributed by atoms with Crippen molar-refractivity contribution in [2.45, 2.75) is 5.54 Å². The molecule has 0 atom stereocenters. The van der Waals surface area contributed by atoms with Crippen LogP contribution in [0.4, 0.5) is 0 Å². The average molecular weight is 576 g/mol. The molecule has 0 amide bonds. The van der Waals surface area contributed by atoms with Gasteiger partial charge in [0.25, 0.3) is 0 Å². The number of hydrogen-bond acceptors (Lipinski definition) is 1. The second kappa shape index (κ2) is 10.4. The highest BCUT2D eigenvalue weighted by molar-refractivity contribution is 9.10. The first-order chi connectivity index (χ1) is 18.7. The molecule has 4 heteroatoms. The van der Waals surface area contributed by atoms with Crippen LogP contribution in [0.5, 0.6) is 0 Å². The maximum Gasteiger partial charge on any atom is 0.138 e. The van der Waals surface area contributed by atoms with Gasteiger partial charge < -0.3 is 0 Å². The second-order valence-electron chi connectivity index (χ2n) is 9.15. The fraction of sp³-hybridized carbons (Fsp3) is 0.0294. The predicted molar refractivity (Wildman–Crippen MR) is 160 cm³/mol. The van der Waals surface area contributed by atoms with E-state index in [1.54, 1.807) is 0 Å². The standard InChI is InChI=1S/C34H24BrClN2/c35-33-31(25-12-4-1-5-13-25)23-29(24-32(33)26-14-10-19-30(36)22-26)34(38-21-11-20-37-38,27-15-6-2-7-16-27)28-17-8-3-9-18-28/h1-24H. The quantitative estimate of drug-likeness (QED) is 0.181. The number of aromatic nitrogens is 2. The van der Waals surface area contributed by atoms with Crippen LogP contribution in [0.15, 0.2) is 150 Å². The van der Waals surface area contributed by atoms with Gasteiger partial charge in [-0.3, -0.25) is 4.68 Å². The summed E-state index contributed by atoms with van der Waals surface area (Å²) in [5.74, 6) is 0. The van der Waals surface area contributed by atoms with Gasteiger partial charge in [-0.15, -0.1) is 0 Å². The molecule has 6 aromatic rings. The molecule has 6 rings (SSSR count). The SMILES string of the molecule is Clc1cccc(-c2cc(C(c3ccccc3)(c3ccccc3)n3cccn3)cc(-c3ccccc3)c2Br)c1. The molecule has 0 radical (unpaired) electrons. The van der Waals surface area contributed by atoms with E-state index in [1.165, 1.54) is 0 Å². The Hall–Kier alpha value is -3.92. The number of benzene rings is 5. The van der Waals surface area contributed by atoms with Gasteiger partial charge in [-0.2, -0.15) is 5.10 Å². The van der Waals surface area contributed by atoms with Gasteiger partial charge in [-0.25, -0.2) is 0 Å². The molecular formula is C34H24BrClN2. The molecule has 0 aliphatic rings. The number of nitrogens with zero attached hydrogens (tertiary/aromatic N) is 2. The number of hydrogen-bond donors (Lipinski definition) is 0. The molecule has 0 saturated carbocycles. The fourth-order valence-electron chi connectivity index (χ4n) is 5.25. The summed E-state index contributed by atoms with van der Waals surface area (Å²) in [6.45, 7) is 0. The molecule has 0 unspecified atom stereocenters. The van der Waals surface area contributed by atoms with Crippen LogP contribution in [0.25, 0.3) is 22.3 Å².